The number of ether oxygens (including phenoxy) is 1. The molecule has 3 N–H and O–H groups in total. The van der Waals surface area contributed by atoms with Crippen LogP contribution in [-0.2, 0) is 19.1 Å². The number of aliphatic carboxylic acids is 1. The number of nitrogens with one attached hydrogen (secondary N) is 2. The average molecular weight is 380 g/mol. The van der Waals surface area contributed by atoms with E-state index in [4.69, 9.17) is 9.84 Å². The zero-order valence-corrected chi connectivity index (χ0v) is 16.1. The summed E-state index contributed by atoms with van der Waals surface area (Å²) in [4.78, 5) is 33.5. The average Bonchev–Trinajstić information content (AvgIpc) is 3.24. The van der Waals surface area contributed by atoms with Crippen molar-refractivity contribution in [2.45, 2.75) is 70.5 Å². The molecule has 2 aliphatic rings. The van der Waals surface area contributed by atoms with Gasteiger partial charge in [-0.15, -0.1) is 0 Å². The van der Waals surface area contributed by atoms with Gasteiger partial charge < -0.3 is 20.5 Å². The van der Waals surface area contributed by atoms with E-state index in [-0.39, 0.29) is 30.9 Å². The molecule has 2 bridgehead atoms. The van der Waals surface area contributed by atoms with Crippen LogP contribution in [0.2, 0.25) is 0 Å². The van der Waals surface area contributed by atoms with Gasteiger partial charge in [-0.3, -0.25) is 14.4 Å². The normalized spacial score (nSPS) is 26.4. The zero-order chi connectivity index (χ0) is 19.6. The number of amides is 2. The highest BCUT2D eigenvalue weighted by Crippen LogP contribution is 2.46. The molecule has 2 amide bonds. The summed E-state index contributed by atoms with van der Waals surface area (Å²) in [5.74, 6) is -0.118. The first-order valence-corrected chi connectivity index (χ1v) is 10.1. The molecule has 27 heavy (non-hydrogen) atoms. The fourth-order valence-electron chi connectivity index (χ4n) is 4.08. The molecule has 0 saturated carbocycles. The van der Waals surface area contributed by atoms with Crippen LogP contribution in [-0.4, -0.2) is 48.2 Å². The van der Waals surface area contributed by atoms with Crippen molar-refractivity contribution in [2.24, 2.45) is 11.8 Å². The molecule has 4 atom stereocenters. The van der Waals surface area contributed by atoms with E-state index >= 15 is 0 Å². The summed E-state index contributed by atoms with van der Waals surface area (Å²) in [6.07, 6.45) is 10.9. The molecule has 0 aromatic rings. The Balaban J connectivity index is 1.69. The smallest absolute Gasteiger partial charge is 0.303 e. The van der Waals surface area contributed by atoms with Crippen LogP contribution >= 0.6 is 0 Å². The first-order chi connectivity index (χ1) is 13.0. The third kappa shape index (κ3) is 6.97. The van der Waals surface area contributed by atoms with Crippen molar-refractivity contribution >= 4 is 17.8 Å². The van der Waals surface area contributed by atoms with Crippen LogP contribution in [0.15, 0.2) is 12.2 Å². The number of allylic oxidation sites excluding steroid dienone is 2. The third-order valence-electron chi connectivity index (χ3n) is 5.49. The standard InChI is InChI=1S/C20H32N2O5/c1-2-18(23)22-13-19(24)21-12-11-15-14(16-9-10-17(15)27-16)7-5-3-4-6-8-20(25)26/h3,5,14-17H,2,4,6-13H2,1H3,(H,21,24)(H,22,23)(H,25,26)/t14-,15+,16-,17+/m1/s1. The molecular weight excluding hydrogens is 348 g/mol. The fraction of sp³-hybridized carbons (Fsp3) is 0.750. The lowest BCUT2D eigenvalue weighted by Gasteiger charge is -2.27. The lowest BCUT2D eigenvalue weighted by molar-refractivity contribution is -0.137. The maximum atomic E-state index is 11.8. The van der Waals surface area contributed by atoms with Crippen molar-refractivity contribution in [3.63, 3.8) is 0 Å². The third-order valence-corrected chi connectivity index (χ3v) is 5.49. The van der Waals surface area contributed by atoms with E-state index in [2.05, 4.69) is 22.8 Å². The monoisotopic (exact) mass is 380 g/mol. The molecule has 2 saturated heterocycles. The highest BCUT2D eigenvalue weighted by atomic mass is 16.5. The SMILES string of the molecule is CCC(=O)NCC(=O)NCC[C@H]1[C@@H](CC=CCCCC(=O)O)[C@H]2CC[C@@H]1O2. The zero-order valence-electron chi connectivity index (χ0n) is 16.1. The summed E-state index contributed by atoms with van der Waals surface area (Å²) in [5, 5.41) is 14.1. The van der Waals surface area contributed by atoms with Gasteiger partial charge in [-0.1, -0.05) is 19.1 Å². The Hall–Kier alpha value is -1.89. The second kappa shape index (κ2) is 11.1. The van der Waals surface area contributed by atoms with E-state index in [0.717, 1.165) is 32.1 Å². The van der Waals surface area contributed by atoms with E-state index in [1.54, 1.807) is 6.92 Å². The van der Waals surface area contributed by atoms with Gasteiger partial charge in [0, 0.05) is 19.4 Å². The van der Waals surface area contributed by atoms with Crippen LogP contribution < -0.4 is 10.6 Å². The molecule has 0 aromatic heterocycles. The summed E-state index contributed by atoms with van der Waals surface area (Å²) in [6, 6.07) is 0. The van der Waals surface area contributed by atoms with Crippen molar-refractivity contribution in [1.82, 2.24) is 10.6 Å². The number of hydrogen-bond acceptors (Lipinski definition) is 4. The number of carbonyl (C=O) groups excluding carboxylic acids is 2. The van der Waals surface area contributed by atoms with Crippen molar-refractivity contribution < 1.29 is 24.2 Å². The number of fused-ring (bicyclic) bond motifs is 2. The van der Waals surface area contributed by atoms with Gasteiger partial charge in [0.25, 0.3) is 0 Å². The minimum Gasteiger partial charge on any atom is -0.481 e. The molecule has 7 heteroatoms. The second-order valence-corrected chi connectivity index (χ2v) is 7.38. The van der Waals surface area contributed by atoms with E-state index in [1.165, 1.54) is 0 Å². The van der Waals surface area contributed by atoms with Gasteiger partial charge in [-0.05, 0) is 50.4 Å². The molecule has 0 aromatic carbocycles. The van der Waals surface area contributed by atoms with Gasteiger partial charge in [0.05, 0.1) is 18.8 Å². The molecule has 0 radical (unpaired) electrons. The highest BCUT2D eigenvalue weighted by molar-refractivity contribution is 5.84. The summed E-state index contributed by atoms with van der Waals surface area (Å²) >= 11 is 0. The maximum Gasteiger partial charge on any atom is 0.303 e. The Morgan fingerprint density at radius 3 is 2.52 bits per heavy atom. The van der Waals surface area contributed by atoms with Crippen molar-refractivity contribution in [3.05, 3.63) is 12.2 Å². The van der Waals surface area contributed by atoms with Crippen molar-refractivity contribution in [3.8, 4) is 0 Å². The van der Waals surface area contributed by atoms with E-state index in [1.807, 2.05) is 0 Å². The summed E-state index contributed by atoms with van der Waals surface area (Å²) in [7, 11) is 0. The Labute approximate surface area is 160 Å². The molecule has 7 nitrogen and oxygen atoms in total. The molecule has 0 spiro atoms. The van der Waals surface area contributed by atoms with Crippen molar-refractivity contribution in [1.29, 1.82) is 0 Å². The Morgan fingerprint density at radius 2 is 1.81 bits per heavy atom. The lowest BCUT2D eigenvalue weighted by atomic mass is 9.76. The minimum atomic E-state index is -0.749. The summed E-state index contributed by atoms with van der Waals surface area (Å²) in [5.41, 5.74) is 0. The number of hydrogen-bond donors (Lipinski definition) is 3. The van der Waals surface area contributed by atoms with Gasteiger partial charge in [0.15, 0.2) is 0 Å². The van der Waals surface area contributed by atoms with Gasteiger partial charge >= 0.3 is 5.97 Å². The Bertz CT molecular complexity index is 548. The first-order valence-electron chi connectivity index (χ1n) is 10.1. The fourth-order valence-corrected chi connectivity index (χ4v) is 4.08. The molecule has 2 rings (SSSR count). The molecule has 2 fully saturated rings. The molecule has 0 aliphatic carbocycles. The van der Waals surface area contributed by atoms with E-state index in [9.17, 15) is 14.4 Å². The molecule has 2 aliphatic heterocycles. The molecule has 2 heterocycles. The van der Waals surface area contributed by atoms with Crippen LogP contribution in [0.5, 0.6) is 0 Å². The number of unbranched alkanes of at least 4 members (excludes halogenated alkanes) is 1. The predicted octanol–water partition coefficient (Wildman–Crippen LogP) is 2.01. The number of rotatable bonds is 12. The quantitative estimate of drug-likeness (QED) is 0.355. The summed E-state index contributed by atoms with van der Waals surface area (Å²) in [6.45, 7) is 2.38. The largest absolute Gasteiger partial charge is 0.481 e. The van der Waals surface area contributed by atoms with Gasteiger partial charge in [0.2, 0.25) is 11.8 Å². The van der Waals surface area contributed by atoms with Crippen LogP contribution in [0.3, 0.4) is 0 Å². The molecule has 152 valence electrons. The predicted molar refractivity (Wildman–Crippen MR) is 101 cm³/mol. The van der Waals surface area contributed by atoms with E-state index in [0.29, 0.717) is 37.3 Å². The Morgan fingerprint density at radius 1 is 1.07 bits per heavy atom. The van der Waals surface area contributed by atoms with Crippen LogP contribution in [0.1, 0.15) is 58.3 Å². The van der Waals surface area contributed by atoms with Gasteiger partial charge in [0.1, 0.15) is 0 Å². The molecular formula is C20H32N2O5. The number of carbonyl (C=O) groups is 3. The first kappa shape index (κ1) is 21.4. The Kier molecular flexibility index (Phi) is 8.78. The summed E-state index contributed by atoms with van der Waals surface area (Å²) < 4.78 is 6.08. The van der Waals surface area contributed by atoms with Gasteiger partial charge in [-0.25, -0.2) is 0 Å². The maximum absolute atomic E-state index is 11.8. The number of carboxylic acid groups (broad SMARTS) is 1. The second-order valence-electron chi connectivity index (χ2n) is 7.38. The van der Waals surface area contributed by atoms with E-state index < -0.39 is 5.97 Å². The van der Waals surface area contributed by atoms with Gasteiger partial charge in [-0.2, -0.15) is 0 Å². The lowest BCUT2D eigenvalue weighted by Crippen LogP contribution is -2.38. The van der Waals surface area contributed by atoms with Crippen LogP contribution in [0, 0.1) is 11.8 Å². The highest BCUT2D eigenvalue weighted by Gasteiger charge is 2.47. The van der Waals surface area contributed by atoms with Crippen molar-refractivity contribution in [2.75, 3.05) is 13.1 Å². The minimum absolute atomic E-state index is 0.0302. The van der Waals surface area contributed by atoms with Crippen LogP contribution in [0.25, 0.3) is 0 Å². The number of carboxylic acids is 1. The topological polar surface area (TPSA) is 105 Å². The molecule has 0 unspecified atom stereocenters. The van der Waals surface area contributed by atoms with Crippen LogP contribution in [0.4, 0.5) is 0 Å².